The maximum atomic E-state index is 13.0. The number of hydrogen-bond acceptors (Lipinski definition) is 3. The highest BCUT2D eigenvalue weighted by atomic mass is 35.5. The van der Waals surface area contributed by atoms with Gasteiger partial charge in [0.1, 0.15) is 0 Å². The maximum absolute atomic E-state index is 13.0. The summed E-state index contributed by atoms with van der Waals surface area (Å²) in [4.78, 5) is 12.8. The Bertz CT molecular complexity index is 968. The second-order valence-electron chi connectivity index (χ2n) is 6.51. The molecular formula is C19H19Cl3N2O3S. The first-order valence-electron chi connectivity index (χ1n) is 8.86. The molecule has 1 N–H and O–H groups in total. The summed E-state index contributed by atoms with van der Waals surface area (Å²) in [5.41, 5.74) is 0.279. The first kappa shape index (κ1) is 21.4. The highest BCUT2D eigenvalue weighted by Gasteiger charge is 2.27. The largest absolute Gasteiger partial charge is 0.319 e. The van der Waals surface area contributed by atoms with E-state index in [0.717, 1.165) is 25.7 Å². The van der Waals surface area contributed by atoms with Crippen LogP contribution in [-0.2, 0) is 10.0 Å². The molecule has 2 aromatic rings. The topological polar surface area (TPSA) is 66.5 Å². The van der Waals surface area contributed by atoms with Gasteiger partial charge in [0.2, 0.25) is 10.0 Å². The van der Waals surface area contributed by atoms with E-state index in [0.29, 0.717) is 13.1 Å². The minimum absolute atomic E-state index is 0.0357. The summed E-state index contributed by atoms with van der Waals surface area (Å²) in [5, 5.41) is 3.28. The van der Waals surface area contributed by atoms with Crippen molar-refractivity contribution in [1.82, 2.24) is 4.31 Å². The van der Waals surface area contributed by atoms with Crippen molar-refractivity contribution in [3.63, 3.8) is 0 Å². The maximum Gasteiger partial charge on any atom is 0.257 e. The summed E-state index contributed by atoms with van der Waals surface area (Å²) in [6, 6.07) is 8.96. The second-order valence-corrected chi connectivity index (χ2v) is 9.67. The van der Waals surface area contributed by atoms with Gasteiger partial charge >= 0.3 is 0 Å². The standard InChI is InChI=1S/C19H19Cl3N2O3S/c20-15-9-8-13(28(26,27)24-10-3-1-2-4-11-24)12-14(15)19(25)23-18-16(21)6-5-7-17(18)22/h5-9,12H,1-4,10-11H2,(H,23,25). The number of para-hydroxylation sites is 1. The molecule has 1 saturated heterocycles. The number of carbonyl (C=O) groups excluding carboxylic acids is 1. The first-order chi connectivity index (χ1) is 13.3. The van der Waals surface area contributed by atoms with E-state index in [2.05, 4.69) is 5.32 Å². The van der Waals surface area contributed by atoms with Crippen molar-refractivity contribution < 1.29 is 13.2 Å². The molecule has 1 fully saturated rings. The Labute approximate surface area is 179 Å². The van der Waals surface area contributed by atoms with Crippen LogP contribution in [0.3, 0.4) is 0 Å². The monoisotopic (exact) mass is 460 g/mol. The molecule has 5 nitrogen and oxygen atoms in total. The highest BCUT2D eigenvalue weighted by molar-refractivity contribution is 7.89. The number of nitrogens with one attached hydrogen (secondary N) is 1. The zero-order valence-corrected chi connectivity index (χ0v) is 18.0. The molecule has 0 aromatic heterocycles. The van der Waals surface area contributed by atoms with Gasteiger partial charge in [-0.3, -0.25) is 4.79 Å². The van der Waals surface area contributed by atoms with Gasteiger partial charge in [-0.25, -0.2) is 8.42 Å². The molecule has 0 saturated carbocycles. The van der Waals surface area contributed by atoms with Crippen molar-refractivity contribution in [2.24, 2.45) is 0 Å². The van der Waals surface area contributed by atoms with Crippen LogP contribution < -0.4 is 5.32 Å². The van der Waals surface area contributed by atoms with Crippen molar-refractivity contribution in [3.05, 3.63) is 57.0 Å². The molecule has 0 spiro atoms. The van der Waals surface area contributed by atoms with Gasteiger partial charge in [-0.2, -0.15) is 4.31 Å². The van der Waals surface area contributed by atoms with Crippen LogP contribution in [0.15, 0.2) is 41.3 Å². The lowest BCUT2D eigenvalue weighted by atomic mass is 10.2. The van der Waals surface area contributed by atoms with Crippen LogP contribution in [-0.4, -0.2) is 31.7 Å². The Morgan fingerprint density at radius 3 is 2.11 bits per heavy atom. The van der Waals surface area contributed by atoms with Crippen molar-refractivity contribution in [2.75, 3.05) is 18.4 Å². The van der Waals surface area contributed by atoms with Gasteiger partial charge in [-0.15, -0.1) is 0 Å². The third-order valence-corrected chi connectivity index (χ3v) is 7.44. The molecule has 1 amide bonds. The summed E-state index contributed by atoms with van der Waals surface area (Å²) in [7, 11) is -3.70. The summed E-state index contributed by atoms with van der Waals surface area (Å²) < 4.78 is 27.5. The molecule has 0 unspecified atom stereocenters. The van der Waals surface area contributed by atoms with Crippen molar-refractivity contribution in [1.29, 1.82) is 0 Å². The number of sulfonamides is 1. The Hall–Kier alpha value is -1.31. The molecule has 150 valence electrons. The molecule has 1 aliphatic heterocycles. The fraction of sp³-hybridized carbons (Fsp3) is 0.316. The fourth-order valence-corrected chi connectivity index (χ4v) is 5.31. The van der Waals surface area contributed by atoms with Gasteiger partial charge in [0.25, 0.3) is 5.91 Å². The summed E-state index contributed by atoms with van der Waals surface area (Å²) in [6.07, 6.45) is 3.67. The first-order valence-corrected chi connectivity index (χ1v) is 11.4. The van der Waals surface area contributed by atoms with E-state index < -0.39 is 15.9 Å². The number of amides is 1. The van der Waals surface area contributed by atoms with E-state index >= 15 is 0 Å². The van der Waals surface area contributed by atoms with E-state index in [1.54, 1.807) is 18.2 Å². The van der Waals surface area contributed by atoms with Crippen LogP contribution in [0.4, 0.5) is 5.69 Å². The van der Waals surface area contributed by atoms with E-state index in [1.165, 1.54) is 22.5 Å². The molecule has 2 aromatic carbocycles. The Balaban J connectivity index is 1.92. The molecule has 9 heteroatoms. The lowest BCUT2D eigenvalue weighted by Gasteiger charge is -2.20. The van der Waals surface area contributed by atoms with Crippen molar-refractivity contribution in [3.8, 4) is 0 Å². The molecule has 0 aliphatic carbocycles. The minimum atomic E-state index is -3.70. The minimum Gasteiger partial charge on any atom is -0.319 e. The second kappa shape index (κ2) is 9.01. The molecular weight excluding hydrogens is 443 g/mol. The normalized spacial score (nSPS) is 15.8. The van der Waals surface area contributed by atoms with Gasteiger partial charge in [-0.05, 0) is 43.2 Å². The van der Waals surface area contributed by atoms with E-state index in [9.17, 15) is 13.2 Å². The average molecular weight is 462 g/mol. The molecule has 0 bridgehead atoms. The van der Waals surface area contributed by atoms with E-state index in [-0.39, 0.29) is 31.2 Å². The SMILES string of the molecule is O=C(Nc1c(Cl)cccc1Cl)c1cc(S(=O)(=O)N2CCCCCC2)ccc1Cl. The predicted molar refractivity (Wildman–Crippen MR) is 113 cm³/mol. The average Bonchev–Trinajstić information content (AvgIpc) is 2.95. The fourth-order valence-electron chi connectivity index (χ4n) is 3.07. The van der Waals surface area contributed by atoms with Gasteiger partial charge in [-0.1, -0.05) is 53.7 Å². The smallest absolute Gasteiger partial charge is 0.257 e. The Morgan fingerprint density at radius 1 is 0.893 bits per heavy atom. The number of benzene rings is 2. The van der Waals surface area contributed by atoms with Crippen LogP contribution >= 0.6 is 34.8 Å². The number of halogens is 3. The van der Waals surface area contributed by atoms with Crippen LogP contribution in [0.1, 0.15) is 36.0 Å². The molecule has 28 heavy (non-hydrogen) atoms. The quantitative estimate of drug-likeness (QED) is 0.657. The van der Waals surface area contributed by atoms with Crippen molar-refractivity contribution in [2.45, 2.75) is 30.6 Å². The molecule has 3 rings (SSSR count). The zero-order valence-electron chi connectivity index (χ0n) is 14.9. The van der Waals surface area contributed by atoms with Gasteiger partial charge in [0, 0.05) is 13.1 Å². The van der Waals surface area contributed by atoms with Crippen LogP contribution in [0.25, 0.3) is 0 Å². The summed E-state index contributed by atoms with van der Waals surface area (Å²) in [5.74, 6) is -0.590. The Morgan fingerprint density at radius 2 is 1.50 bits per heavy atom. The lowest BCUT2D eigenvalue weighted by Crippen LogP contribution is -2.32. The third-order valence-electron chi connectivity index (χ3n) is 4.59. The number of hydrogen-bond donors (Lipinski definition) is 1. The number of anilines is 1. The van der Waals surface area contributed by atoms with E-state index in [4.69, 9.17) is 34.8 Å². The van der Waals surface area contributed by atoms with Gasteiger partial charge < -0.3 is 5.32 Å². The zero-order chi connectivity index (χ0) is 20.3. The van der Waals surface area contributed by atoms with Crippen molar-refractivity contribution >= 4 is 56.4 Å². The predicted octanol–water partition coefficient (Wildman–Crippen LogP) is 5.46. The summed E-state index contributed by atoms with van der Waals surface area (Å²) >= 11 is 18.3. The number of nitrogens with zero attached hydrogens (tertiary/aromatic N) is 1. The third kappa shape index (κ3) is 4.63. The number of rotatable bonds is 4. The van der Waals surface area contributed by atoms with Crippen LogP contribution in [0.2, 0.25) is 15.1 Å². The molecule has 0 radical (unpaired) electrons. The van der Waals surface area contributed by atoms with Crippen LogP contribution in [0, 0.1) is 0 Å². The summed E-state index contributed by atoms with van der Waals surface area (Å²) in [6.45, 7) is 0.948. The lowest BCUT2D eigenvalue weighted by molar-refractivity contribution is 0.102. The number of carbonyl (C=O) groups is 1. The highest BCUT2D eigenvalue weighted by Crippen LogP contribution is 2.31. The molecule has 1 aliphatic rings. The van der Waals surface area contributed by atoms with Gasteiger partial charge in [0.05, 0.1) is 31.2 Å². The molecule has 1 heterocycles. The van der Waals surface area contributed by atoms with E-state index in [1.807, 2.05) is 0 Å². The Kier molecular flexibility index (Phi) is 6.89. The molecule has 0 atom stereocenters. The van der Waals surface area contributed by atoms with Gasteiger partial charge in [0.15, 0.2) is 0 Å². The van der Waals surface area contributed by atoms with Crippen LogP contribution in [0.5, 0.6) is 0 Å².